The van der Waals surface area contributed by atoms with E-state index in [2.05, 4.69) is 11.8 Å². The summed E-state index contributed by atoms with van der Waals surface area (Å²) in [5, 5.41) is 11.2. The lowest BCUT2D eigenvalue weighted by Crippen LogP contribution is -2.33. The van der Waals surface area contributed by atoms with Crippen molar-refractivity contribution in [1.29, 1.82) is 0 Å². The van der Waals surface area contributed by atoms with Crippen molar-refractivity contribution in [1.82, 2.24) is 0 Å². The molecule has 5 heteroatoms. The van der Waals surface area contributed by atoms with E-state index in [-0.39, 0.29) is 10.6 Å². The van der Waals surface area contributed by atoms with Crippen LogP contribution in [0.2, 0.25) is 0 Å². The van der Waals surface area contributed by atoms with Crippen molar-refractivity contribution in [2.75, 3.05) is 25.1 Å². The van der Waals surface area contributed by atoms with Gasteiger partial charge in [-0.3, -0.25) is 10.1 Å². The van der Waals surface area contributed by atoms with Crippen molar-refractivity contribution in [3.05, 3.63) is 27.8 Å². The van der Waals surface area contributed by atoms with Gasteiger partial charge >= 0.3 is 5.69 Å². The molecule has 0 bridgehead atoms. The Balaban J connectivity index is 1.99. The van der Waals surface area contributed by atoms with Gasteiger partial charge in [-0.1, -0.05) is 6.92 Å². The molecule has 1 aromatic carbocycles. The lowest BCUT2D eigenvalue weighted by atomic mass is 9.97. The molecule has 0 radical (unpaired) electrons. The zero-order valence-corrected chi connectivity index (χ0v) is 12.7. The van der Waals surface area contributed by atoms with Crippen molar-refractivity contribution in [3.8, 4) is 5.75 Å². The first-order valence-electron chi connectivity index (χ1n) is 7.71. The lowest BCUT2D eigenvalue weighted by Gasteiger charge is -2.33. The van der Waals surface area contributed by atoms with Crippen LogP contribution in [0, 0.1) is 16.0 Å². The van der Waals surface area contributed by atoms with Gasteiger partial charge in [0, 0.05) is 30.9 Å². The number of rotatable bonds is 4. The number of ether oxygens (including phenoxy) is 1. The number of hydrogen-bond acceptors (Lipinski definition) is 4. The minimum Gasteiger partial charge on any atom is -0.490 e. The van der Waals surface area contributed by atoms with Crippen molar-refractivity contribution in [2.24, 2.45) is 5.92 Å². The average Bonchev–Trinajstić information content (AvgIpc) is 3.31. The number of piperidine rings is 1. The molecule has 2 fully saturated rings. The Hall–Kier alpha value is -1.78. The van der Waals surface area contributed by atoms with Crippen molar-refractivity contribution < 1.29 is 9.66 Å². The monoisotopic (exact) mass is 290 g/mol. The highest BCUT2D eigenvalue weighted by molar-refractivity contribution is 5.66. The van der Waals surface area contributed by atoms with Crippen LogP contribution in [0.25, 0.3) is 0 Å². The summed E-state index contributed by atoms with van der Waals surface area (Å²) in [6.45, 7) is 4.35. The van der Waals surface area contributed by atoms with Crippen LogP contribution in [0.3, 0.4) is 0 Å². The van der Waals surface area contributed by atoms with Crippen LogP contribution in [0.15, 0.2) is 12.1 Å². The SMILES string of the molecule is COc1cc(N2CCC(C)CC2)c(C2CC2)cc1[N+](=O)[O-]. The smallest absolute Gasteiger partial charge is 0.311 e. The van der Waals surface area contributed by atoms with Crippen molar-refractivity contribution in [3.63, 3.8) is 0 Å². The highest BCUT2D eigenvalue weighted by atomic mass is 16.6. The number of nitro benzene ring substituents is 1. The summed E-state index contributed by atoms with van der Waals surface area (Å²) >= 11 is 0. The molecule has 114 valence electrons. The lowest BCUT2D eigenvalue weighted by molar-refractivity contribution is -0.385. The number of nitrogens with zero attached hydrogens (tertiary/aromatic N) is 2. The Morgan fingerprint density at radius 3 is 2.43 bits per heavy atom. The highest BCUT2D eigenvalue weighted by Gasteiger charge is 2.32. The summed E-state index contributed by atoms with van der Waals surface area (Å²) in [7, 11) is 1.50. The second kappa shape index (κ2) is 5.54. The summed E-state index contributed by atoms with van der Waals surface area (Å²) in [5.74, 6) is 1.63. The van der Waals surface area contributed by atoms with Gasteiger partial charge in [-0.2, -0.15) is 0 Å². The molecule has 1 saturated heterocycles. The van der Waals surface area contributed by atoms with Gasteiger partial charge in [0.25, 0.3) is 0 Å². The normalized spacial score (nSPS) is 19.6. The average molecular weight is 290 g/mol. The maximum atomic E-state index is 11.2. The quantitative estimate of drug-likeness (QED) is 0.626. The Kier molecular flexibility index (Phi) is 3.74. The Morgan fingerprint density at radius 1 is 1.24 bits per heavy atom. The molecule has 3 rings (SSSR count). The van der Waals surface area contributed by atoms with Gasteiger partial charge in [0.05, 0.1) is 12.0 Å². The van der Waals surface area contributed by atoms with Crippen LogP contribution < -0.4 is 9.64 Å². The summed E-state index contributed by atoms with van der Waals surface area (Å²) in [6.07, 6.45) is 4.65. The van der Waals surface area contributed by atoms with Gasteiger partial charge in [0.2, 0.25) is 0 Å². The topological polar surface area (TPSA) is 55.6 Å². The van der Waals surface area contributed by atoms with Gasteiger partial charge in [0.15, 0.2) is 5.75 Å². The zero-order valence-electron chi connectivity index (χ0n) is 12.7. The Morgan fingerprint density at radius 2 is 1.90 bits per heavy atom. The van der Waals surface area contributed by atoms with Gasteiger partial charge in [-0.05, 0) is 43.1 Å². The van der Waals surface area contributed by atoms with Crippen LogP contribution in [-0.2, 0) is 0 Å². The van der Waals surface area contributed by atoms with Crippen LogP contribution in [-0.4, -0.2) is 25.1 Å². The Bertz CT molecular complexity index is 547. The predicted molar refractivity (Wildman–Crippen MR) is 82.2 cm³/mol. The van der Waals surface area contributed by atoms with Crippen LogP contribution in [0.1, 0.15) is 44.1 Å². The van der Waals surface area contributed by atoms with Gasteiger partial charge < -0.3 is 9.64 Å². The van der Waals surface area contributed by atoms with E-state index in [4.69, 9.17) is 4.74 Å². The molecule has 0 unspecified atom stereocenters. The molecule has 5 nitrogen and oxygen atoms in total. The maximum Gasteiger partial charge on any atom is 0.311 e. The molecule has 0 N–H and O–H groups in total. The van der Waals surface area contributed by atoms with E-state index in [1.165, 1.54) is 20.0 Å². The van der Waals surface area contributed by atoms with Crippen molar-refractivity contribution >= 4 is 11.4 Å². The molecule has 1 aromatic rings. The van der Waals surface area contributed by atoms with E-state index in [9.17, 15) is 10.1 Å². The third-order valence-corrected chi connectivity index (χ3v) is 4.67. The first-order chi connectivity index (χ1) is 10.1. The number of hydrogen-bond donors (Lipinski definition) is 0. The molecule has 0 amide bonds. The molecule has 0 aromatic heterocycles. The molecule has 2 aliphatic rings. The third kappa shape index (κ3) is 2.82. The predicted octanol–water partition coefficient (Wildman–Crippen LogP) is 3.72. The van der Waals surface area contributed by atoms with Gasteiger partial charge in [-0.25, -0.2) is 0 Å². The summed E-state index contributed by atoms with van der Waals surface area (Å²) < 4.78 is 5.25. The standard InChI is InChI=1S/C16H22N2O3/c1-11-5-7-17(8-6-11)14-10-16(21-2)15(18(19)20)9-13(14)12-3-4-12/h9-12H,3-8H2,1-2H3. The van der Waals surface area contributed by atoms with E-state index in [1.807, 2.05) is 6.07 Å². The molecule has 1 heterocycles. The van der Waals surface area contributed by atoms with Crippen LogP contribution in [0.4, 0.5) is 11.4 Å². The van der Waals surface area contributed by atoms with E-state index in [1.54, 1.807) is 6.07 Å². The Labute approximate surface area is 125 Å². The van der Waals surface area contributed by atoms with E-state index in [0.717, 1.165) is 43.1 Å². The van der Waals surface area contributed by atoms with Crippen LogP contribution >= 0.6 is 0 Å². The minimum absolute atomic E-state index is 0.0912. The summed E-state index contributed by atoms with van der Waals surface area (Å²) in [4.78, 5) is 13.3. The molecule has 21 heavy (non-hydrogen) atoms. The van der Waals surface area contributed by atoms with Gasteiger partial charge in [-0.15, -0.1) is 0 Å². The largest absolute Gasteiger partial charge is 0.490 e. The minimum atomic E-state index is -0.341. The van der Waals surface area contributed by atoms with Crippen molar-refractivity contribution in [2.45, 2.75) is 38.5 Å². The molecule has 1 aliphatic carbocycles. The molecule has 1 aliphatic heterocycles. The fourth-order valence-corrected chi connectivity index (χ4v) is 3.12. The number of methoxy groups -OCH3 is 1. The third-order valence-electron chi connectivity index (χ3n) is 4.67. The van der Waals surface area contributed by atoms with Crippen LogP contribution in [0.5, 0.6) is 5.75 Å². The fourth-order valence-electron chi connectivity index (χ4n) is 3.12. The molecule has 1 saturated carbocycles. The molecular formula is C16H22N2O3. The highest BCUT2D eigenvalue weighted by Crippen LogP contribution is 2.48. The summed E-state index contributed by atoms with van der Waals surface area (Å²) in [6, 6.07) is 3.62. The number of benzene rings is 1. The van der Waals surface area contributed by atoms with E-state index in [0.29, 0.717) is 11.7 Å². The molecule has 0 atom stereocenters. The second-order valence-electron chi connectivity index (χ2n) is 6.28. The number of anilines is 1. The first kappa shape index (κ1) is 14.2. The summed E-state index contributed by atoms with van der Waals surface area (Å²) in [5.41, 5.74) is 2.37. The number of nitro groups is 1. The fraction of sp³-hybridized carbons (Fsp3) is 0.625. The maximum absolute atomic E-state index is 11.2. The van der Waals surface area contributed by atoms with Gasteiger partial charge in [0.1, 0.15) is 0 Å². The van der Waals surface area contributed by atoms with E-state index < -0.39 is 0 Å². The molecular weight excluding hydrogens is 268 g/mol. The first-order valence-corrected chi connectivity index (χ1v) is 7.71. The van der Waals surface area contributed by atoms with E-state index >= 15 is 0 Å². The zero-order chi connectivity index (χ0) is 15.0. The second-order valence-corrected chi connectivity index (χ2v) is 6.28. The molecule has 0 spiro atoms.